The maximum absolute atomic E-state index is 12.4. The van der Waals surface area contributed by atoms with Gasteiger partial charge < -0.3 is 4.90 Å². The smallest absolute Gasteiger partial charge is 0.295 e. The van der Waals surface area contributed by atoms with Crippen LogP contribution in [-0.2, 0) is 4.79 Å². The van der Waals surface area contributed by atoms with Crippen LogP contribution in [0.2, 0.25) is 0 Å². The molecule has 0 heterocycles. The molecular formula is C17H25NO2. The lowest BCUT2D eigenvalue weighted by Crippen LogP contribution is -2.43. The van der Waals surface area contributed by atoms with Crippen molar-refractivity contribution in [1.82, 2.24) is 4.90 Å². The highest BCUT2D eigenvalue weighted by molar-refractivity contribution is 6.42. The maximum Gasteiger partial charge on any atom is 0.295 e. The first kappa shape index (κ1) is 16.4. The third-order valence-electron chi connectivity index (χ3n) is 3.64. The van der Waals surface area contributed by atoms with E-state index in [4.69, 9.17) is 0 Å². The molecule has 3 nitrogen and oxygen atoms in total. The molecular weight excluding hydrogens is 250 g/mol. The van der Waals surface area contributed by atoms with E-state index in [0.29, 0.717) is 12.1 Å². The third-order valence-corrected chi connectivity index (χ3v) is 3.64. The first-order valence-corrected chi connectivity index (χ1v) is 7.43. The van der Waals surface area contributed by atoms with Gasteiger partial charge in [-0.1, -0.05) is 50.1 Å². The zero-order chi connectivity index (χ0) is 15.1. The zero-order valence-electron chi connectivity index (χ0n) is 13.0. The van der Waals surface area contributed by atoms with Crippen molar-refractivity contribution in [2.24, 2.45) is 0 Å². The Kier molecular flexibility index (Phi) is 6.43. The van der Waals surface area contributed by atoms with Gasteiger partial charge in [0.25, 0.3) is 5.91 Å². The Bertz CT molecular complexity index is 451. The van der Waals surface area contributed by atoms with E-state index in [1.165, 1.54) is 0 Å². The number of carbonyl (C=O) groups excluding carboxylic acids is 2. The van der Waals surface area contributed by atoms with Gasteiger partial charge in [0.05, 0.1) is 0 Å². The first-order valence-electron chi connectivity index (χ1n) is 7.43. The average molecular weight is 275 g/mol. The van der Waals surface area contributed by atoms with Gasteiger partial charge in [0, 0.05) is 18.2 Å². The van der Waals surface area contributed by atoms with Crippen LogP contribution in [0.15, 0.2) is 24.3 Å². The van der Waals surface area contributed by atoms with Gasteiger partial charge in [-0.3, -0.25) is 9.59 Å². The van der Waals surface area contributed by atoms with E-state index in [1.807, 2.05) is 32.9 Å². The Hall–Kier alpha value is -1.64. The number of nitrogens with zero attached hydrogens (tertiary/aromatic N) is 1. The second-order valence-electron chi connectivity index (χ2n) is 5.30. The number of rotatable bonds is 7. The van der Waals surface area contributed by atoms with Gasteiger partial charge >= 0.3 is 0 Å². The number of aryl methyl sites for hydroxylation is 1. The highest BCUT2D eigenvalue weighted by atomic mass is 16.2. The summed E-state index contributed by atoms with van der Waals surface area (Å²) in [5, 5.41) is 0. The van der Waals surface area contributed by atoms with Crippen LogP contribution in [-0.4, -0.2) is 29.2 Å². The average Bonchev–Trinajstić information content (AvgIpc) is 2.47. The van der Waals surface area contributed by atoms with Crippen molar-refractivity contribution in [2.75, 3.05) is 6.54 Å². The minimum atomic E-state index is -0.401. The van der Waals surface area contributed by atoms with Gasteiger partial charge in [0.15, 0.2) is 0 Å². The largest absolute Gasteiger partial charge is 0.333 e. The van der Waals surface area contributed by atoms with Crippen LogP contribution < -0.4 is 0 Å². The summed E-state index contributed by atoms with van der Waals surface area (Å²) in [6, 6.07) is 7.28. The summed E-state index contributed by atoms with van der Waals surface area (Å²) < 4.78 is 0. The van der Waals surface area contributed by atoms with E-state index in [2.05, 4.69) is 6.92 Å². The predicted octanol–water partition coefficient (Wildman–Crippen LogP) is 3.60. The molecule has 1 amide bonds. The van der Waals surface area contributed by atoms with E-state index in [1.54, 1.807) is 17.0 Å². The molecule has 0 spiro atoms. The van der Waals surface area contributed by atoms with Crippen LogP contribution in [0.3, 0.4) is 0 Å². The van der Waals surface area contributed by atoms with Crippen molar-refractivity contribution in [2.45, 2.75) is 53.0 Å². The summed E-state index contributed by atoms with van der Waals surface area (Å²) in [6.07, 6.45) is 2.80. The minimum absolute atomic E-state index is 0.100. The number of hydrogen-bond acceptors (Lipinski definition) is 2. The van der Waals surface area contributed by atoms with E-state index in [9.17, 15) is 9.59 Å². The van der Waals surface area contributed by atoms with Gasteiger partial charge in [-0.25, -0.2) is 0 Å². The molecule has 1 rings (SSSR count). The molecule has 0 aliphatic rings. The van der Waals surface area contributed by atoms with E-state index in [-0.39, 0.29) is 11.9 Å². The van der Waals surface area contributed by atoms with E-state index >= 15 is 0 Å². The number of Topliss-reactive ketones (excluding diaryl/α,β-unsaturated/α-hetero) is 1. The molecule has 0 saturated carbocycles. The van der Waals surface area contributed by atoms with Crippen LogP contribution in [0.25, 0.3) is 0 Å². The first-order chi connectivity index (χ1) is 9.51. The van der Waals surface area contributed by atoms with Crippen LogP contribution in [0.1, 0.15) is 56.0 Å². The standard InChI is InChI=1S/C17H25NO2/c1-5-7-12-18(14(4)6-2)17(20)16(19)15-10-8-13(3)9-11-15/h8-11,14H,5-7,12H2,1-4H3. The highest BCUT2D eigenvalue weighted by Gasteiger charge is 2.25. The lowest BCUT2D eigenvalue weighted by Gasteiger charge is -2.28. The van der Waals surface area contributed by atoms with Gasteiger partial charge in [0.1, 0.15) is 0 Å². The number of hydrogen-bond donors (Lipinski definition) is 0. The van der Waals surface area contributed by atoms with Gasteiger partial charge in [0.2, 0.25) is 5.78 Å². The van der Waals surface area contributed by atoms with E-state index in [0.717, 1.165) is 24.8 Å². The van der Waals surface area contributed by atoms with Crippen molar-refractivity contribution in [3.8, 4) is 0 Å². The van der Waals surface area contributed by atoms with Crippen molar-refractivity contribution in [3.63, 3.8) is 0 Å². The molecule has 0 aromatic heterocycles. The number of unbranched alkanes of at least 4 members (excludes halogenated alkanes) is 1. The third kappa shape index (κ3) is 4.19. The van der Waals surface area contributed by atoms with Crippen LogP contribution >= 0.6 is 0 Å². The van der Waals surface area contributed by atoms with Gasteiger partial charge in [-0.2, -0.15) is 0 Å². The van der Waals surface area contributed by atoms with E-state index < -0.39 is 5.78 Å². The summed E-state index contributed by atoms with van der Waals surface area (Å²) in [5.74, 6) is -0.780. The van der Waals surface area contributed by atoms with Crippen molar-refractivity contribution in [3.05, 3.63) is 35.4 Å². The monoisotopic (exact) mass is 275 g/mol. The molecule has 0 aliphatic heterocycles. The zero-order valence-corrected chi connectivity index (χ0v) is 13.0. The molecule has 3 heteroatoms. The fraction of sp³-hybridized carbons (Fsp3) is 0.529. The SMILES string of the molecule is CCCCN(C(=O)C(=O)c1ccc(C)cc1)C(C)CC. The summed E-state index contributed by atoms with van der Waals surface area (Å²) in [5.41, 5.74) is 1.56. The number of ketones is 1. The molecule has 1 aromatic carbocycles. The molecule has 20 heavy (non-hydrogen) atoms. The van der Waals surface area contributed by atoms with Crippen LogP contribution in [0.4, 0.5) is 0 Å². The molecule has 1 unspecified atom stereocenters. The molecule has 0 N–H and O–H groups in total. The summed E-state index contributed by atoms with van der Waals surface area (Å²) in [7, 11) is 0. The molecule has 1 atom stereocenters. The minimum Gasteiger partial charge on any atom is -0.333 e. The van der Waals surface area contributed by atoms with Gasteiger partial charge in [-0.05, 0) is 26.7 Å². The number of amides is 1. The summed E-state index contributed by atoms with van der Waals surface area (Å²) >= 11 is 0. The van der Waals surface area contributed by atoms with Crippen LogP contribution in [0, 0.1) is 6.92 Å². The summed E-state index contributed by atoms with van der Waals surface area (Å²) in [4.78, 5) is 26.4. The molecule has 0 aliphatic carbocycles. The summed E-state index contributed by atoms with van der Waals surface area (Å²) in [6.45, 7) is 8.73. The number of carbonyl (C=O) groups is 2. The lowest BCUT2D eigenvalue weighted by atomic mass is 10.1. The van der Waals surface area contributed by atoms with Crippen molar-refractivity contribution >= 4 is 11.7 Å². The molecule has 1 aromatic rings. The topological polar surface area (TPSA) is 37.4 Å². The Balaban J connectivity index is 2.87. The predicted molar refractivity (Wildman–Crippen MR) is 81.9 cm³/mol. The highest BCUT2D eigenvalue weighted by Crippen LogP contribution is 2.11. The maximum atomic E-state index is 12.4. The Morgan fingerprint density at radius 1 is 1.15 bits per heavy atom. The molecule has 0 bridgehead atoms. The fourth-order valence-corrected chi connectivity index (χ4v) is 2.03. The van der Waals surface area contributed by atoms with Crippen LogP contribution in [0.5, 0.6) is 0 Å². The molecule has 0 radical (unpaired) electrons. The van der Waals surface area contributed by atoms with Crippen molar-refractivity contribution in [1.29, 1.82) is 0 Å². The Morgan fingerprint density at radius 3 is 2.25 bits per heavy atom. The normalized spacial score (nSPS) is 12.0. The van der Waals surface area contributed by atoms with Crippen molar-refractivity contribution < 1.29 is 9.59 Å². The molecule has 0 fully saturated rings. The van der Waals surface area contributed by atoms with Gasteiger partial charge in [-0.15, -0.1) is 0 Å². The second-order valence-corrected chi connectivity index (χ2v) is 5.30. The fourth-order valence-electron chi connectivity index (χ4n) is 2.03. The lowest BCUT2D eigenvalue weighted by molar-refractivity contribution is -0.128. The molecule has 110 valence electrons. The second kappa shape index (κ2) is 7.83. The Labute approximate surface area is 122 Å². The quantitative estimate of drug-likeness (QED) is 0.563. The number of benzene rings is 1. The Morgan fingerprint density at radius 2 is 1.75 bits per heavy atom. The molecule has 0 saturated heterocycles.